The van der Waals surface area contributed by atoms with Gasteiger partial charge in [-0.1, -0.05) is 48.5 Å². The van der Waals surface area contributed by atoms with Crippen molar-refractivity contribution >= 4 is 42.9 Å². The summed E-state index contributed by atoms with van der Waals surface area (Å²) in [7, 11) is -3.47. The predicted molar refractivity (Wildman–Crippen MR) is 116 cm³/mol. The van der Waals surface area contributed by atoms with Crippen LogP contribution in [-0.2, 0) is 20.4 Å². The van der Waals surface area contributed by atoms with Crippen molar-refractivity contribution in [1.29, 1.82) is 0 Å². The topological polar surface area (TPSA) is 76.1 Å². The summed E-state index contributed by atoms with van der Waals surface area (Å²) < 4.78 is 26.6. The Bertz CT molecular complexity index is 1240. The molecule has 0 saturated heterocycles. The molecule has 4 rings (SSSR count). The molecule has 0 fully saturated rings. The van der Waals surface area contributed by atoms with E-state index in [1.165, 1.54) is 0 Å². The molecule has 5 nitrogen and oxygen atoms in total. The number of amides is 1. The van der Waals surface area contributed by atoms with Crippen LogP contribution >= 0.6 is 15.9 Å². The zero-order chi connectivity index (χ0) is 20.4. The average Bonchev–Trinajstić information content (AvgIpc) is 2.78. The van der Waals surface area contributed by atoms with Crippen LogP contribution in [0.15, 0.2) is 82.4 Å². The van der Waals surface area contributed by atoms with Crippen molar-refractivity contribution in [2.24, 2.45) is 0 Å². The van der Waals surface area contributed by atoms with Crippen LogP contribution in [-0.4, -0.2) is 19.3 Å². The molecule has 0 bridgehead atoms. The Kier molecular flexibility index (Phi) is 5.34. The van der Waals surface area contributed by atoms with Crippen molar-refractivity contribution in [2.75, 3.05) is 5.32 Å². The molecule has 1 aliphatic rings. The van der Waals surface area contributed by atoms with Crippen LogP contribution in [0.1, 0.15) is 23.1 Å². The Balaban J connectivity index is 1.73. The quantitative estimate of drug-likeness (QED) is 0.609. The molecule has 7 heteroatoms. The number of carbonyl (C=O) groups is 1. The van der Waals surface area contributed by atoms with Crippen LogP contribution in [0.2, 0.25) is 0 Å². The number of nitrogens with zero attached hydrogens (tertiary/aromatic N) is 1. The Morgan fingerprint density at radius 2 is 1.79 bits per heavy atom. The number of sulfone groups is 1. The molecule has 3 aromatic rings. The second kappa shape index (κ2) is 7.93. The van der Waals surface area contributed by atoms with E-state index in [-0.39, 0.29) is 18.1 Å². The molecule has 0 saturated carbocycles. The molecule has 0 radical (unpaired) electrons. The third-order valence-corrected chi connectivity index (χ3v) is 6.80. The molecule has 0 spiro atoms. The molecule has 0 unspecified atom stereocenters. The molecule has 0 aliphatic carbocycles. The molecule has 146 valence electrons. The molecule has 2 heterocycles. The highest BCUT2D eigenvalue weighted by Crippen LogP contribution is 2.37. The zero-order valence-corrected chi connectivity index (χ0v) is 17.7. The highest BCUT2D eigenvalue weighted by molar-refractivity contribution is 9.10. The lowest BCUT2D eigenvalue weighted by Gasteiger charge is -2.11. The fourth-order valence-electron chi connectivity index (χ4n) is 3.40. The van der Waals surface area contributed by atoms with Gasteiger partial charge in [0.1, 0.15) is 0 Å². The van der Waals surface area contributed by atoms with Crippen LogP contribution in [0.4, 0.5) is 5.69 Å². The number of anilines is 1. The summed E-state index contributed by atoms with van der Waals surface area (Å²) in [6, 6.07) is 16.1. The van der Waals surface area contributed by atoms with Gasteiger partial charge < -0.3 is 5.32 Å². The number of carbonyl (C=O) groups excluding carboxylic acids is 1. The summed E-state index contributed by atoms with van der Waals surface area (Å²) in [5, 5.41) is 2.81. The van der Waals surface area contributed by atoms with Gasteiger partial charge in [0.15, 0.2) is 9.84 Å². The maximum Gasteiger partial charge on any atom is 0.228 e. The molecular weight excluding hydrogens is 452 g/mol. The van der Waals surface area contributed by atoms with Crippen molar-refractivity contribution in [2.45, 2.75) is 17.1 Å². The van der Waals surface area contributed by atoms with Gasteiger partial charge >= 0.3 is 0 Å². The third-order valence-electron chi connectivity index (χ3n) is 4.65. The van der Waals surface area contributed by atoms with Gasteiger partial charge in [-0.05, 0) is 44.8 Å². The van der Waals surface area contributed by atoms with Crippen molar-refractivity contribution in [3.8, 4) is 0 Å². The van der Waals surface area contributed by atoms with E-state index in [1.807, 2.05) is 30.3 Å². The van der Waals surface area contributed by atoms with Gasteiger partial charge in [0, 0.05) is 22.7 Å². The van der Waals surface area contributed by atoms with Crippen molar-refractivity contribution in [3.05, 3.63) is 94.2 Å². The summed E-state index contributed by atoms with van der Waals surface area (Å²) in [6.45, 7) is 0. The van der Waals surface area contributed by atoms with Gasteiger partial charge in [0.05, 0.1) is 22.5 Å². The van der Waals surface area contributed by atoms with Gasteiger partial charge in [0.2, 0.25) is 5.91 Å². The summed E-state index contributed by atoms with van der Waals surface area (Å²) in [5.41, 5.74) is 3.52. The Labute approximate surface area is 177 Å². The van der Waals surface area contributed by atoms with E-state index in [0.717, 1.165) is 21.2 Å². The van der Waals surface area contributed by atoms with E-state index >= 15 is 0 Å². The first-order valence-corrected chi connectivity index (χ1v) is 11.4. The second-order valence-corrected chi connectivity index (χ2v) is 9.55. The number of aromatic nitrogens is 1. The number of halogens is 1. The second-order valence-electron chi connectivity index (χ2n) is 6.67. The van der Waals surface area contributed by atoms with Crippen LogP contribution < -0.4 is 5.32 Å². The summed E-state index contributed by atoms with van der Waals surface area (Å²) in [5.74, 6) is -0.271. The Morgan fingerprint density at radius 3 is 2.59 bits per heavy atom. The highest BCUT2D eigenvalue weighted by Gasteiger charge is 2.27. The van der Waals surface area contributed by atoms with Gasteiger partial charge in [-0.25, -0.2) is 8.42 Å². The smallest absolute Gasteiger partial charge is 0.228 e. The van der Waals surface area contributed by atoms with Gasteiger partial charge in [-0.15, -0.1) is 0 Å². The summed E-state index contributed by atoms with van der Waals surface area (Å²) >= 11 is 3.33. The minimum atomic E-state index is -3.47. The van der Waals surface area contributed by atoms with Crippen molar-refractivity contribution in [1.82, 2.24) is 4.98 Å². The maximum atomic E-state index is 12.9. The summed E-state index contributed by atoms with van der Waals surface area (Å²) in [4.78, 5) is 16.8. The number of benzene rings is 2. The monoisotopic (exact) mass is 468 g/mol. The molecule has 1 aromatic heterocycles. The van der Waals surface area contributed by atoms with E-state index in [4.69, 9.17) is 0 Å². The van der Waals surface area contributed by atoms with E-state index in [0.29, 0.717) is 16.1 Å². The lowest BCUT2D eigenvalue weighted by atomic mass is 9.93. The molecule has 2 aromatic carbocycles. The first kappa shape index (κ1) is 19.5. The number of nitrogens with one attached hydrogen (secondary N) is 1. The lowest BCUT2D eigenvalue weighted by molar-refractivity contribution is -0.115. The number of fused-ring (bicyclic) bond motifs is 2. The highest BCUT2D eigenvalue weighted by atomic mass is 79.9. The van der Waals surface area contributed by atoms with Crippen LogP contribution in [0.3, 0.4) is 0 Å². The zero-order valence-electron chi connectivity index (χ0n) is 15.3. The molecule has 1 N–H and O–H groups in total. The standard InChI is InChI=1S/C22H17BrN2O3S/c23-16-11-17(13-24-12-16)25-22(26)10-9-19-18-6-2-1-5-15(18)14-29(27,28)21-8-4-3-7-20(19)21/h1-9,11-13H,10,14H2,(H,25,26)/b19-9+. The van der Waals surface area contributed by atoms with Crippen LogP contribution in [0.25, 0.3) is 5.57 Å². The predicted octanol–water partition coefficient (Wildman–Crippen LogP) is 4.59. The first-order chi connectivity index (χ1) is 13.9. The SMILES string of the molecule is O=C(C/C=C1\c2ccccc2CS(=O)(=O)c2ccccc21)Nc1cncc(Br)c1. The Hall–Kier alpha value is -2.77. The average molecular weight is 469 g/mol. The molecule has 1 aliphatic heterocycles. The van der Waals surface area contributed by atoms with E-state index in [2.05, 4.69) is 26.2 Å². The maximum absolute atomic E-state index is 12.9. The Morgan fingerprint density at radius 1 is 1.07 bits per heavy atom. The molecule has 0 atom stereocenters. The fourth-order valence-corrected chi connectivity index (χ4v) is 5.38. The lowest BCUT2D eigenvalue weighted by Crippen LogP contribution is -2.10. The number of pyridine rings is 1. The van der Waals surface area contributed by atoms with E-state index in [9.17, 15) is 13.2 Å². The van der Waals surface area contributed by atoms with E-state index in [1.54, 1.807) is 42.7 Å². The molecule has 29 heavy (non-hydrogen) atoms. The molecule has 1 amide bonds. The van der Waals surface area contributed by atoms with Gasteiger partial charge in [-0.3, -0.25) is 9.78 Å². The van der Waals surface area contributed by atoms with Crippen LogP contribution in [0, 0.1) is 0 Å². The first-order valence-electron chi connectivity index (χ1n) is 8.95. The number of rotatable bonds is 3. The van der Waals surface area contributed by atoms with Gasteiger partial charge in [0.25, 0.3) is 0 Å². The molecular formula is C22H17BrN2O3S. The van der Waals surface area contributed by atoms with E-state index < -0.39 is 9.84 Å². The van der Waals surface area contributed by atoms with Crippen molar-refractivity contribution < 1.29 is 13.2 Å². The fraction of sp³-hybridized carbons (Fsp3) is 0.0909. The third kappa shape index (κ3) is 4.16. The van der Waals surface area contributed by atoms with Crippen LogP contribution in [0.5, 0.6) is 0 Å². The number of hydrogen-bond acceptors (Lipinski definition) is 4. The van der Waals surface area contributed by atoms with Crippen molar-refractivity contribution in [3.63, 3.8) is 0 Å². The van der Waals surface area contributed by atoms with Gasteiger partial charge in [-0.2, -0.15) is 0 Å². The number of hydrogen-bond donors (Lipinski definition) is 1. The summed E-state index contributed by atoms with van der Waals surface area (Å²) in [6.07, 6.45) is 5.10. The minimum Gasteiger partial charge on any atom is -0.324 e. The minimum absolute atomic E-state index is 0.0621. The normalized spacial score (nSPS) is 15.8. The largest absolute Gasteiger partial charge is 0.324 e.